The normalized spacial score (nSPS) is 33.6. The molecule has 0 radical (unpaired) electrons. The molecule has 2 saturated heterocycles. The van der Waals surface area contributed by atoms with Crippen molar-refractivity contribution in [2.24, 2.45) is 5.41 Å². The number of carbonyl (C=O) groups is 2. The summed E-state index contributed by atoms with van der Waals surface area (Å²) < 4.78 is 5.21. The summed E-state index contributed by atoms with van der Waals surface area (Å²) in [6.07, 6.45) is 3.47. The van der Waals surface area contributed by atoms with Crippen LogP contribution in [0.3, 0.4) is 0 Å². The van der Waals surface area contributed by atoms with Crippen LogP contribution >= 0.6 is 0 Å². The van der Waals surface area contributed by atoms with Crippen LogP contribution in [0, 0.1) is 5.41 Å². The van der Waals surface area contributed by atoms with Crippen LogP contribution in [0.1, 0.15) is 26.2 Å². The molecular formula is C14H25N3O4. The first-order chi connectivity index (χ1) is 9.93. The standard InChI is InChI=1S/C14H25N3O4/c1-14(12(18)19)9-21-8-11(14)16-13(20)15-7-10-5-3-4-6-17(10)2/h10-11H,3-9H2,1-2H3,(H,18,19)(H2,15,16,20). The maximum Gasteiger partial charge on any atom is 0.315 e. The average molecular weight is 299 g/mol. The fourth-order valence-electron chi connectivity index (χ4n) is 2.91. The second-order valence-electron chi connectivity index (χ2n) is 6.27. The molecule has 21 heavy (non-hydrogen) atoms. The van der Waals surface area contributed by atoms with Gasteiger partial charge in [0.25, 0.3) is 0 Å². The van der Waals surface area contributed by atoms with Gasteiger partial charge in [-0.1, -0.05) is 6.42 Å². The smallest absolute Gasteiger partial charge is 0.315 e. The summed E-state index contributed by atoms with van der Waals surface area (Å²) in [5, 5.41) is 14.8. The van der Waals surface area contributed by atoms with Crippen LogP contribution in [-0.4, -0.2) is 67.4 Å². The molecule has 0 saturated carbocycles. The van der Waals surface area contributed by atoms with Crippen LogP contribution < -0.4 is 10.6 Å². The maximum absolute atomic E-state index is 12.0. The number of amides is 2. The highest BCUT2D eigenvalue weighted by atomic mass is 16.5. The number of hydrogen-bond acceptors (Lipinski definition) is 4. The Balaban J connectivity index is 1.80. The van der Waals surface area contributed by atoms with Gasteiger partial charge >= 0.3 is 12.0 Å². The number of piperidine rings is 1. The molecule has 2 amide bonds. The van der Waals surface area contributed by atoms with Gasteiger partial charge < -0.3 is 25.4 Å². The number of likely N-dealkylation sites (tertiary alicyclic amines) is 1. The number of likely N-dealkylation sites (N-methyl/N-ethyl adjacent to an activating group) is 1. The van der Waals surface area contributed by atoms with Crippen molar-refractivity contribution in [3.8, 4) is 0 Å². The lowest BCUT2D eigenvalue weighted by molar-refractivity contribution is -0.148. The van der Waals surface area contributed by atoms with Gasteiger partial charge in [0.2, 0.25) is 0 Å². The fourth-order valence-corrected chi connectivity index (χ4v) is 2.91. The van der Waals surface area contributed by atoms with Crippen molar-refractivity contribution in [1.29, 1.82) is 0 Å². The molecule has 0 aromatic rings. The summed E-state index contributed by atoms with van der Waals surface area (Å²) in [4.78, 5) is 25.5. The molecular weight excluding hydrogens is 274 g/mol. The van der Waals surface area contributed by atoms with E-state index in [0.29, 0.717) is 12.6 Å². The van der Waals surface area contributed by atoms with Crippen molar-refractivity contribution in [2.75, 3.05) is 33.4 Å². The SMILES string of the molecule is CN1CCCCC1CNC(=O)NC1COCC1(C)C(=O)O. The van der Waals surface area contributed by atoms with E-state index in [1.165, 1.54) is 12.8 Å². The van der Waals surface area contributed by atoms with E-state index in [4.69, 9.17) is 4.74 Å². The van der Waals surface area contributed by atoms with Crippen molar-refractivity contribution in [3.05, 3.63) is 0 Å². The Morgan fingerprint density at radius 3 is 2.86 bits per heavy atom. The highest BCUT2D eigenvalue weighted by Crippen LogP contribution is 2.28. The van der Waals surface area contributed by atoms with Crippen molar-refractivity contribution in [2.45, 2.75) is 38.3 Å². The zero-order chi connectivity index (χ0) is 15.5. The molecule has 120 valence electrons. The zero-order valence-corrected chi connectivity index (χ0v) is 12.7. The molecule has 0 aromatic carbocycles. The Labute approximate surface area is 125 Å². The molecule has 0 aliphatic carbocycles. The van der Waals surface area contributed by atoms with E-state index >= 15 is 0 Å². The minimum absolute atomic E-state index is 0.124. The second-order valence-corrected chi connectivity index (χ2v) is 6.27. The first kappa shape index (κ1) is 16.0. The molecule has 0 spiro atoms. The molecule has 3 N–H and O–H groups in total. The lowest BCUT2D eigenvalue weighted by Crippen LogP contribution is -2.54. The van der Waals surface area contributed by atoms with Gasteiger partial charge in [0.05, 0.1) is 19.3 Å². The van der Waals surface area contributed by atoms with Crippen LogP contribution in [-0.2, 0) is 9.53 Å². The van der Waals surface area contributed by atoms with Crippen molar-refractivity contribution in [3.63, 3.8) is 0 Å². The van der Waals surface area contributed by atoms with Crippen LogP contribution in [0.25, 0.3) is 0 Å². The van der Waals surface area contributed by atoms with Crippen molar-refractivity contribution >= 4 is 12.0 Å². The number of nitrogens with one attached hydrogen (secondary N) is 2. The minimum Gasteiger partial charge on any atom is -0.481 e. The van der Waals surface area contributed by atoms with E-state index in [1.807, 2.05) is 0 Å². The van der Waals surface area contributed by atoms with Crippen molar-refractivity contribution < 1.29 is 19.4 Å². The first-order valence-corrected chi connectivity index (χ1v) is 7.49. The van der Waals surface area contributed by atoms with Gasteiger partial charge in [0.1, 0.15) is 5.41 Å². The molecule has 2 aliphatic heterocycles. The highest BCUT2D eigenvalue weighted by Gasteiger charge is 2.47. The van der Waals surface area contributed by atoms with E-state index < -0.39 is 17.4 Å². The number of aliphatic carboxylic acids is 1. The number of nitrogens with zero attached hydrogens (tertiary/aromatic N) is 1. The molecule has 2 fully saturated rings. The largest absolute Gasteiger partial charge is 0.481 e. The fraction of sp³-hybridized carbons (Fsp3) is 0.857. The number of carbonyl (C=O) groups excluding carboxylic acids is 1. The van der Waals surface area contributed by atoms with Gasteiger partial charge in [-0.2, -0.15) is 0 Å². The summed E-state index contributed by atoms with van der Waals surface area (Å²) >= 11 is 0. The van der Waals surface area contributed by atoms with Gasteiger partial charge in [-0.05, 0) is 33.4 Å². The predicted molar refractivity (Wildman–Crippen MR) is 77.2 cm³/mol. The molecule has 3 atom stereocenters. The predicted octanol–water partition coefficient (Wildman–Crippen LogP) is 0.260. The van der Waals surface area contributed by atoms with Crippen LogP contribution in [0.5, 0.6) is 0 Å². The zero-order valence-electron chi connectivity index (χ0n) is 12.7. The first-order valence-electron chi connectivity index (χ1n) is 7.49. The van der Waals surface area contributed by atoms with E-state index in [9.17, 15) is 14.7 Å². The molecule has 7 heteroatoms. The monoisotopic (exact) mass is 299 g/mol. The topological polar surface area (TPSA) is 90.9 Å². The molecule has 2 heterocycles. The number of rotatable bonds is 4. The molecule has 0 aromatic heterocycles. The van der Waals surface area contributed by atoms with Crippen LogP contribution in [0.2, 0.25) is 0 Å². The van der Waals surface area contributed by atoms with Gasteiger partial charge in [-0.15, -0.1) is 0 Å². The number of hydrogen-bond donors (Lipinski definition) is 3. The second kappa shape index (κ2) is 6.62. The van der Waals surface area contributed by atoms with Gasteiger partial charge in [0, 0.05) is 12.6 Å². The number of carboxylic acid groups (broad SMARTS) is 1. The number of carboxylic acids is 1. The highest BCUT2D eigenvalue weighted by molar-refractivity contribution is 5.79. The molecule has 7 nitrogen and oxygen atoms in total. The average Bonchev–Trinajstić information content (AvgIpc) is 2.81. The summed E-state index contributed by atoms with van der Waals surface area (Å²) in [5.41, 5.74) is -1.06. The summed E-state index contributed by atoms with van der Waals surface area (Å²) in [6.45, 7) is 3.60. The van der Waals surface area contributed by atoms with E-state index in [2.05, 4.69) is 22.6 Å². The molecule has 3 unspecified atom stereocenters. The van der Waals surface area contributed by atoms with E-state index in [0.717, 1.165) is 13.0 Å². The van der Waals surface area contributed by atoms with Crippen LogP contribution in [0.15, 0.2) is 0 Å². The Morgan fingerprint density at radius 1 is 1.43 bits per heavy atom. The van der Waals surface area contributed by atoms with Crippen molar-refractivity contribution in [1.82, 2.24) is 15.5 Å². The van der Waals surface area contributed by atoms with Gasteiger partial charge in [-0.3, -0.25) is 4.79 Å². The number of urea groups is 1. The Kier molecular flexibility index (Phi) is 5.05. The quantitative estimate of drug-likeness (QED) is 0.693. The Morgan fingerprint density at radius 2 is 2.19 bits per heavy atom. The third-order valence-electron chi connectivity index (χ3n) is 4.67. The van der Waals surface area contributed by atoms with E-state index in [1.54, 1.807) is 6.92 Å². The van der Waals surface area contributed by atoms with Gasteiger partial charge in [-0.25, -0.2) is 4.79 Å². The van der Waals surface area contributed by atoms with Crippen LogP contribution in [0.4, 0.5) is 4.79 Å². The third kappa shape index (κ3) is 3.65. The molecule has 0 bridgehead atoms. The minimum atomic E-state index is -1.06. The third-order valence-corrected chi connectivity index (χ3v) is 4.67. The lowest BCUT2D eigenvalue weighted by atomic mass is 9.85. The Bertz CT molecular complexity index is 404. The maximum atomic E-state index is 12.0. The van der Waals surface area contributed by atoms with Gasteiger partial charge in [0.15, 0.2) is 0 Å². The lowest BCUT2D eigenvalue weighted by Gasteiger charge is -2.33. The molecule has 2 aliphatic rings. The summed E-state index contributed by atoms with van der Waals surface area (Å²) in [5.74, 6) is -0.947. The molecule has 2 rings (SSSR count). The van der Waals surface area contributed by atoms with E-state index in [-0.39, 0.29) is 19.2 Å². The summed E-state index contributed by atoms with van der Waals surface area (Å²) in [7, 11) is 2.07. The summed E-state index contributed by atoms with van der Waals surface area (Å²) in [6, 6.07) is -0.466. The number of ether oxygens (including phenoxy) is 1. The Hall–Kier alpha value is -1.34.